The number of fused-ring (bicyclic) bond motifs is 1. The lowest BCUT2D eigenvalue weighted by Gasteiger charge is -2.25. The van der Waals surface area contributed by atoms with Crippen LogP contribution in [0.25, 0.3) is 5.76 Å². The molecule has 8 nitrogen and oxygen atoms in total. The number of unbranched alkanes of at least 4 members (excludes halogenated alkanes) is 1. The third-order valence-electron chi connectivity index (χ3n) is 6.22. The molecule has 36 heavy (non-hydrogen) atoms. The lowest BCUT2D eigenvalue weighted by molar-refractivity contribution is -0.140. The maximum absolute atomic E-state index is 13.3. The molecule has 0 bridgehead atoms. The quantitative estimate of drug-likeness (QED) is 0.209. The smallest absolute Gasteiger partial charge is 0.296 e. The standard InChI is InChI=1S/C28H27NO7/c1-2-3-12-33-20-9-6-18(7-10-20)25-24(27(31)28(32)29(25)17-21-5-4-13-34-21)26(30)19-8-11-22-23(16-19)36-15-14-35-22/h4-11,13,16,25,30H,2-3,12,14-15,17H2,1H3. The summed E-state index contributed by atoms with van der Waals surface area (Å²) in [6.45, 7) is 3.61. The van der Waals surface area contributed by atoms with Crippen LogP contribution in [-0.4, -0.2) is 41.5 Å². The van der Waals surface area contributed by atoms with E-state index < -0.39 is 17.7 Å². The molecule has 1 aromatic heterocycles. The molecule has 8 heteroatoms. The van der Waals surface area contributed by atoms with Gasteiger partial charge in [0, 0.05) is 5.56 Å². The fourth-order valence-electron chi connectivity index (χ4n) is 4.39. The van der Waals surface area contributed by atoms with E-state index in [1.165, 1.54) is 11.2 Å². The summed E-state index contributed by atoms with van der Waals surface area (Å²) in [6.07, 6.45) is 3.48. The Morgan fingerprint density at radius 2 is 1.83 bits per heavy atom. The first-order valence-electron chi connectivity index (χ1n) is 12.0. The van der Waals surface area contributed by atoms with Gasteiger partial charge in [0.1, 0.15) is 30.5 Å². The van der Waals surface area contributed by atoms with Crippen molar-refractivity contribution in [1.29, 1.82) is 0 Å². The van der Waals surface area contributed by atoms with Gasteiger partial charge in [0.15, 0.2) is 11.5 Å². The van der Waals surface area contributed by atoms with Crippen LogP contribution in [0.3, 0.4) is 0 Å². The van der Waals surface area contributed by atoms with E-state index in [-0.39, 0.29) is 17.9 Å². The fraction of sp³-hybridized carbons (Fsp3) is 0.286. The van der Waals surface area contributed by atoms with Crippen molar-refractivity contribution in [3.05, 3.63) is 83.3 Å². The number of hydrogen-bond donors (Lipinski definition) is 1. The topological polar surface area (TPSA) is 98.4 Å². The molecular formula is C28H27NO7. The molecule has 3 heterocycles. The second kappa shape index (κ2) is 10.2. The molecule has 2 aromatic carbocycles. The van der Waals surface area contributed by atoms with Gasteiger partial charge in [-0.15, -0.1) is 0 Å². The van der Waals surface area contributed by atoms with Gasteiger partial charge in [-0.1, -0.05) is 25.5 Å². The summed E-state index contributed by atoms with van der Waals surface area (Å²) in [5, 5.41) is 11.3. The monoisotopic (exact) mass is 489 g/mol. The summed E-state index contributed by atoms with van der Waals surface area (Å²) < 4.78 is 22.4. The van der Waals surface area contributed by atoms with Crippen molar-refractivity contribution in [2.75, 3.05) is 19.8 Å². The van der Waals surface area contributed by atoms with Crippen molar-refractivity contribution in [3.8, 4) is 17.2 Å². The van der Waals surface area contributed by atoms with E-state index in [0.717, 1.165) is 12.8 Å². The number of hydrogen-bond acceptors (Lipinski definition) is 7. The molecule has 3 aromatic rings. The normalized spacial score (nSPS) is 18.5. The van der Waals surface area contributed by atoms with Gasteiger partial charge in [0.25, 0.3) is 11.7 Å². The number of carbonyl (C=O) groups excluding carboxylic acids is 2. The summed E-state index contributed by atoms with van der Waals surface area (Å²) in [7, 11) is 0. The van der Waals surface area contributed by atoms with Crippen molar-refractivity contribution >= 4 is 17.4 Å². The zero-order chi connectivity index (χ0) is 25.1. The minimum absolute atomic E-state index is 0.00267. The Kier molecular flexibility index (Phi) is 6.66. The number of ketones is 1. The molecule has 186 valence electrons. The molecule has 1 amide bonds. The number of carbonyl (C=O) groups is 2. The molecule has 1 unspecified atom stereocenters. The molecular weight excluding hydrogens is 462 g/mol. The number of Topliss-reactive ketones (excluding diaryl/α,β-unsaturated/α-hetero) is 1. The van der Waals surface area contributed by atoms with E-state index in [0.29, 0.717) is 54.0 Å². The van der Waals surface area contributed by atoms with Gasteiger partial charge in [0.2, 0.25) is 0 Å². The highest BCUT2D eigenvalue weighted by Gasteiger charge is 2.46. The number of ether oxygens (including phenoxy) is 3. The molecule has 1 saturated heterocycles. The van der Waals surface area contributed by atoms with Crippen LogP contribution < -0.4 is 14.2 Å². The SMILES string of the molecule is CCCCOc1ccc(C2C(=C(O)c3ccc4c(c3)OCCO4)C(=O)C(=O)N2Cc2ccco2)cc1. The molecule has 0 spiro atoms. The average Bonchev–Trinajstić information content (AvgIpc) is 3.51. The second-order valence-electron chi connectivity index (χ2n) is 8.64. The van der Waals surface area contributed by atoms with E-state index in [1.54, 1.807) is 30.3 Å². The summed E-state index contributed by atoms with van der Waals surface area (Å²) in [6, 6.07) is 14.8. The minimum Gasteiger partial charge on any atom is -0.507 e. The van der Waals surface area contributed by atoms with Crippen LogP contribution in [0.4, 0.5) is 0 Å². The number of aliphatic hydroxyl groups excluding tert-OH is 1. The van der Waals surface area contributed by atoms with E-state index in [1.807, 2.05) is 24.3 Å². The van der Waals surface area contributed by atoms with Crippen LogP contribution in [0.1, 0.15) is 42.7 Å². The van der Waals surface area contributed by atoms with Crippen molar-refractivity contribution < 1.29 is 33.3 Å². The second-order valence-corrected chi connectivity index (χ2v) is 8.64. The fourth-order valence-corrected chi connectivity index (χ4v) is 4.39. The maximum Gasteiger partial charge on any atom is 0.296 e. The molecule has 0 aliphatic carbocycles. The van der Waals surface area contributed by atoms with Crippen LogP contribution >= 0.6 is 0 Å². The van der Waals surface area contributed by atoms with Crippen molar-refractivity contribution in [2.24, 2.45) is 0 Å². The van der Waals surface area contributed by atoms with Gasteiger partial charge in [0.05, 0.1) is 31.0 Å². The predicted octanol–water partition coefficient (Wildman–Crippen LogP) is 4.85. The molecule has 1 atom stereocenters. The highest BCUT2D eigenvalue weighted by atomic mass is 16.6. The van der Waals surface area contributed by atoms with Crippen LogP contribution in [0.5, 0.6) is 17.2 Å². The largest absolute Gasteiger partial charge is 0.507 e. The number of likely N-dealkylation sites (tertiary alicyclic amines) is 1. The molecule has 1 fully saturated rings. The van der Waals surface area contributed by atoms with Gasteiger partial charge in [-0.05, 0) is 54.4 Å². The van der Waals surface area contributed by atoms with Gasteiger partial charge >= 0.3 is 0 Å². The molecule has 0 saturated carbocycles. The zero-order valence-corrected chi connectivity index (χ0v) is 19.9. The Bertz CT molecular complexity index is 1280. The van der Waals surface area contributed by atoms with Crippen LogP contribution in [0.15, 0.2) is 70.9 Å². The summed E-state index contributed by atoms with van der Waals surface area (Å²) in [5.41, 5.74) is 1.03. The van der Waals surface area contributed by atoms with Crippen molar-refractivity contribution in [2.45, 2.75) is 32.4 Å². The van der Waals surface area contributed by atoms with Gasteiger partial charge < -0.3 is 28.6 Å². The zero-order valence-electron chi connectivity index (χ0n) is 19.9. The lowest BCUT2D eigenvalue weighted by atomic mass is 9.95. The van der Waals surface area contributed by atoms with Crippen LogP contribution in [-0.2, 0) is 16.1 Å². The van der Waals surface area contributed by atoms with Gasteiger partial charge in [-0.3, -0.25) is 9.59 Å². The first-order valence-corrected chi connectivity index (χ1v) is 12.0. The highest BCUT2D eigenvalue weighted by molar-refractivity contribution is 6.46. The van der Waals surface area contributed by atoms with E-state index >= 15 is 0 Å². The first kappa shape index (κ1) is 23.5. The lowest BCUT2D eigenvalue weighted by Crippen LogP contribution is -2.29. The van der Waals surface area contributed by atoms with Gasteiger partial charge in [-0.25, -0.2) is 0 Å². The molecule has 1 N–H and O–H groups in total. The molecule has 2 aliphatic rings. The van der Waals surface area contributed by atoms with E-state index in [9.17, 15) is 14.7 Å². The third-order valence-corrected chi connectivity index (χ3v) is 6.22. The highest BCUT2D eigenvalue weighted by Crippen LogP contribution is 2.42. The Morgan fingerprint density at radius 3 is 2.56 bits per heavy atom. The first-order chi connectivity index (χ1) is 17.6. The van der Waals surface area contributed by atoms with E-state index in [4.69, 9.17) is 18.6 Å². The van der Waals surface area contributed by atoms with E-state index in [2.05, 4.69) is 6.92 Å². The number of nitrogens with zero attached hydrogens (tertiary/aromatic N) is 1. The molecule has 5 rings (SSSR count). The minimum atomic E-state index is -0.812. The van der Waals surface area contributed by atoms with Crippen LogP contribution in [0.2, 0.25) is 0 Å². The Hall–Kier alpha value is -4.20. The molecule has 0 radical (unpaired) electrons. The summed E-state index contributed by atoms with van der Waals surface area (Å²) in [5.74, 6) is 0.510. The number of rotatable bonds is 8. The number of aliphatic hydroxyl groups is 1. The molecule has 2 aliphatic heterocycles. The van der Waals surface area contributed by atoms with Crippen molar-refractivity contribution in [3.63, 3.8) is 0 Å². The predicted molar refractivity (Wildman–Crippen MR) is 131 cm³/mol. The number of furan rings is 1. The van der Waals surface area contributed by atoms with Crippen LogP contribution in [0, 0.1) is 0 Å². The number of benzene rings is 2. The number of amides is 1. The Morgan fingerprint density at radius 1 is 1.06 bits per heavy atom. The summed E-state index contributed by atoms with van der Waals surface area (Å²) in [4.78, 5) is 27.8. The Balaban J connectivity index is 1.55. The third kappa shape index (κ3) is 4.54. The average molecular weight is 490 g/mol. The Labute approximate surface area is 208 Å². The van der Waals surface area contributed by atoms with Gasteiger partial charge in [-0.2, -0.15) is 0 Å². The summed E-state index contributed by atoms with van der Waals surface area (Å²) >= 11 is 0. The maximum atomic E-state index is 13.3. The van der Waals surface area contributed by atoms with Crippen molar-refractivity contribution in [1.82, 2.24) is 4.90 Å².